The molecule has 0 radical (unpaired) electrons. The zero-order chi connectivity index (χ0) is 13.4. The van der Waals surface area contributed by atoms with Crippen LogP contribution in [0.5, 0.6) is 0 Å². The predicted octanol–water partition coefficient (Wildman–Crippen LogP) is 1.83. The lowest BCUT2D eigenvalue weighted by molar-refractivity contribution is 1.17. The third-order valence-corrected chi connectivity index (χ3v) is 1.19. The quantitative estimate of drug-likeness (QED) is 0.204. The van der Waals surface area contributed by atoms with Crippen molar-refractivity contribution in [2.24, 2.45) is 32.1 Å². The van der Waals surface area contributed by atoms with Crippen LogP contribution in [0.1, 0.15) is 5.56 Å². The summed E-state index contributed by atoms with van der Waals surface area (Å²) in [5.41, 5.74) is 13.3. The number of nitrogens with one attached hydrogen (secondary N) is 2. The van der Waals surface area contributed by atoms with Crippen LogP contribution < -0.4 is 11.7 Å². The van der Waals surface area contributed by atoms with Gasteiger partial charge in [0.05, 0.1) is 0 Å². The van der Waals surface area contributed by atoms with Gasteiger partial charge in [0.15, 0.2) is 12.7 Å². The van der Waals surface area contributed by atoms with Gasteiger partial charge in [-0.05, 0) is 6.92 Å². The van der Waals surface area contributed by atoms with E-state index >= 15 is 0 Å². The van der Waals surface area contributed by atoms with Crippen molar-refractivity contribution in [3.63, 3.8) is 0 Å². The van der Waals surface area contributed by atoms with Crippen molar-refractivity contribution < 1.29 is 0 Å². The zero-order valence-corrected chi connectivity index (χ0v) is 9.49. The Hall–Kier alpha value is -2.64. The summed E-state index contributed by atoms with van der Waals surface area (Å²) in [7, 11) is 0. The van der Waals surface area contributed by atoms with E-state index in [0.29, 0.717) is 0 Å². The maximum atomic E-state index is 6.00. The molecule has 0 bridgehead atoms. The number of rotatable bonds is 2. The van der Waals surface area contributed by atoms with Gasteiger partial charge < -0.3 is 11.7 Å². The van der Waals surface area contributed by atoms with Crippen molar-refractivity contribution in [2.45, 2.75) is 6.92 Å². The summed E-state index contributed by atoms with van der Waals surface area (Å²) in [4.78, 5) is 0. The van der Waals surface area contributed by atoms with E-state index in [0.717, 1.165) is 12.7 Å². The third-order valence-electron chi connectivity index (χ3n) is 1.19. The largest absolute Gasteiger partial charge is 0.322 e. The first kappa shape index (κ1) is 16.8. The van der Waals surface area contributed by atoms with Crippen molar-refractivity contribution in [3.8, 4) is 0 Å². The molecule has 8 nitrogen and oxygen atoms in total. The number of nitrogens with two attached hydrogens (primary N) is 2. The van der Waals surface area contributed by atoms with Crippen molar-refractivity contribution >= 4 is 12.7 Å². The molecule has 1 rings (SSSR count). The van der Waals surface area contributed by atoms with Crippen molar-refractivity contribution in [1.82, 2.24) is 0 Å². The highest BCUT2D eigenvalue weighted by molar-refractivity contribution is 5.53. The van der Waals surface area contributed by atoms with Crippen LogP contribution in [0.15, 0.2) is 50.8 Å². The van der Waals surface area contributed by atoms with Gasteiger partial charge in [0.2, 0.25) is 0 Å². The lowest BCUT2D eigenvalue weighted by Crippen LogP contribution is -1.75. The predicted molar refractivity (Wildman–Crippen MR) is 66.8 cm³/mol. The fourth-order valence-corrected chi connectivity index (χ4v) is 0.601. The molecule has 1 aromatic rings. The van der Waals surface area contributed by atoms with Crippen LogP contribution in [-0.4, -0.2) is 12.7 Å². The second-order valence-electron chi connectivity index (χ2n) is 2.44. The van der Waals surface area contributed by atoms with Crippen LogP contribution in [0.2, 0.25) is 0 Å². The zero-order valence-electron chi connectivity index (χ0n) is 9.49. The molecule has 0 heterocycles. The highest BCUT2D eigenvalue weighted by atomic mass is 15.2. The molecule has 17 heavy (non-hydrogen) atoms. The number of benzene rings is 1. The van der Waals surface area contributed by atoms with Gasteiger partial charge in [-0.2, -0.15) is 10.2 Å². The normalized spacial score (nSPS) is 8.76. The summed E-state index contributed by atoms with van der Waals surface area (Å²) in [6, 6.07) is 10.3. The second-order valence-corrected chi connectivity index (χ2v) is 2.44. The van der Waals surface area contributed by atoms with Gasteiger partial charge in [0, 0.05) is 0 Å². The molecule has 6 N–H and O–H groups in total. The van der Waals surface area contributed by atoms with Gasteiger partial charge in [-0.15, -0.1) is 10.2 Å². The molecular formula is C9H16N8. The Labute approximate surface area is 99.4 Å². The first-order valence-electron chi connectivity index (χ1n) is 4.41. The Morgan fingerprint density at radius 1 is 0.941 bits per heavy atom. The smallest absolute Gasteiger partial charge is 0.156 e. The van der Waals surface area contributed by atoms with Crippen LogP contribution in [0.3, 0.4) is 0 Å². The standard InChI is InChI=1S/C7H8.2CH4N4/c1-7-5-3-2-4-6-7;2*2-4-1-5-3/h2-6H,1H3;2*1-2H,3H2. The van der Waals surface area contributed by atoms with E-state index in [-0.39, 0.29) is 0 Å². The molecular weight excluding hydrogens is 220 g/mol. The van der Waals surface area contributed by atoms with Crippen LogP contribution in [-0.2, 0) is 0 Å². The Morgan fingerprint density at radius 3 is 1.47 bits per heavy atom. The molecule has 0 amide bonds. The molecule has 0 unspecified atom stereocenters. The summed E-state index contributed by atoms with van der Waals surface area (Å²) in [5.74, 6) is 8.99. The maximum absolute atomic E-state index is 6.00. The average molecular weight is 236 g/mol. The fourth-order valence-electron chi connectivity index (χ4n) is 0.601. The van der Waals surface area contributed by atoms with Gasteiger partial charge in [0.1, 0.15) is 0 Å². The molecule has 0 saturated carbocycles. The van der Waals surface area contributed by atoms with Crippen LogP contribution >= 0.6 is 0 Å². The van der Waals surface area contributed by atoms with Gasteiger partial charge in [-0.25, -0.2) is 11.1 Å². The second kappa shape index (κ2) is 15.8. The first-order chi connectivity index (χ1) is 8.22. The summed E-state index contributed by atoms with van der Waals surface area (Å²) in [6.07, 6.45) is 1.89. The minimum Gasteiger partial charge on any atom is -0.322 e. The van der Waals surface area contributed by atoms with E-state index in [1.165, 1.54) is 5.56 Å². The van der Waals surface area contributed by atoms with E-state index in [1.807, 2.05) is 18.2 Å². The Kier molecular flexibility index (Phi) is 15.6. The first-order valence-corrected chi connectivity index (χ1v) is 4.41. The van der Waals surface area contributed by atoms with Crippen LogP contribution in [0.4, 0.5) is 0 Å². The summed E-state index contributed by atoms with van der Waals surface area (Å²) in [6.45, 7) is 2.08. The Bertz CT molecular complexity index is 316. The van der Waals surface area contributed by atoms with Gasteiger partial charge >= 0.3 is 0 Å². The summed E-state index contributed by atoms with van der Waals surface area (Å²) >= 11 is 0. The van der Waals surface area contributed by atoms with Crippen LogP contribution in [0.25, 0.3) is 0 Å². The third kappa shape index (κ3) is 19.7. The summed E-state index contributed by atoms with van der Waals surface area (Å²) < 4.78 is 0. The number of hydrazone groups is 2. The number of hydrogen-bond acceptors (Lipinski definition) is 6. The maximum Gasteiger partial charge on any atom is 0.156 e. The Balaban J connectivity index is 0. The number of hydrogen-bond donors (Lipinski definition) is 4. The topological polar surface area (TPSA) is 149 Å². The Morgan fingerprint density at radius 2 is 1.35 bits per heavy atom. The summed E-state index contributed by atoms with van der Waals surface area (Å²) in [5, 5.41) is 11.1. The molecule has 92 valence electrons. The lowest BCUT2D eigenvalue weighted by Gasteiger charge is -1.82. The van der Waals surface area contributed by atoms with E-state index in [9.17, 15) is 0 Å². The molecule has 0 saturated heterocycles. The highest BCUT2D eigenvalue weighted by Gasteiger charge is 1.72. The van der Waals surface area contributed by atoms with Gasteiger partial charge in [0.25, 0.3) is 0 Å². The highest BCUT2D eigenvalue weighted by Crippen LogP contribution is 1.92. The molecule has 0 spiro atoms. The molecule has 0 atom stereocenters. The molecule has 1 aromatic carbocycles. The molecule has 0 aliphatic rings. The van der Waals surface area contributed by atoms with E-state index in [2.05, 4.69) is 51.2 Å². The van der Waals surface area contributed by atoms with Crippen molar-refractivity contribution in [2.75, 3.05) is 0 Å². The number of nitrogens with zero attached hydrogens (tertiary/aromatic N) is 4. The molecule has 0 fully saturated rings. The molecule has 0 aliphatic heterocycles. The van der Waals surface area contributed by atoms with Crippen LogP contribution in [0, 0.1) is 18.0 Å². The van der Waals surface area contributed by atoms with Crippen molar-refractivity contribution in [1.29, 1.82) is 11.1 Å². The minimum absolute atomic E-state index is 0.944. The van der Waals surface area contributed by atoms with E-state index in [1.54, 1.807) is 0 Å². The van der Waals surface area contributed by atoms with Crippen molar-refractivity contribution in [3.05, 3.63) is 35.9 Å². The van der Waals surface area contributed by atoms with E-state index in [4.69, 9.17) is 11.1 Å². The fraction of sp³-hybridized carbons (Fsp3) is 0.111. The molecule has 0 aromatic heterocycles. The van der Waals surface area contributed by atoms with Gasteiger partial charge in [-0.1, -0.05) is 35.9 Å². The van der Waals surface area contributed by atoms with E-state index < -0.39 is 0 Å². The molecule has 8 heteroatoms. The SMILES string of the molecule is Cc1ccccc1.N=NC=NN.N=NC=NN. The minimum atomic E-state index is 0.944. The lowest BCUT2D eigenvalue weighted by atomic mass is 10.2. The number of aryl methyl sites for hydroxylation is 1. The van der Waals surface area contributed by atoms with Gasteiger partial charge in [-0.3, -0.25) is 0 Å². The molecule has 0 aliphatic carbocycles. The average Bonchev–Trinajstić information content (AvgIpc) is 2.34. The monoisotopic (exact) mass is 236 g/mol.